The maximum absolute atomic E-state index is 11.6. The van der Waals surface area contributed by atoms with Gasteiger partial charge < -0.3 is 18.6 Å². The van der Waals surface area contributed by atoms with E-state index in [2.05, 4.69) is 20.7 Å². The quantitative estimate of drug-likeness (QED) is 0.579. The second-order valence-corrected chi connectivity index (χ2v) is 4.12. The van der Waals surface area contributed by atoms with E-state index in [0.29, 0.717) is 24.1 Å². The van der Waals surface area contributed by atoms with Crippen molar-refractivity contribution in [2.24, 2.45) is 0 Å². The summed E-state index contributed by atoms with van der Waals surface area (Å²) in [4.78, 5) is 22.8. The van der Waals surface area contributed by atoms with Gasteiger partial charge in [-0.05, 0) is 15.9 Å². The van der Waals surface area contributed by atoms with E-state index in [-0.39, 0.29) is 11.5 Å². The lowest BCUT2D eigenvalue weighted by Crippen LogP contribution is -2.13. The van der Waals surface area contributed by atoms with Crippen LogP contribution in [0.3, 0.4) is 0 Å². The van der Waals surface area contributed by atoms with Gasteiger partial charge in [-0.25, -0.2) is 9.59 Å². The van der Waals surface area contributed by atoms with Crippen LogP contribution in [0.15, 0.2) is 19.8 Å². The molecule has 0 saturated heterocycles. The van der Waals surface area contributed by atoms with Gasteiger partial charge in [0.25, 0.3) is 0 Å². The van der Waals surface area contributed by atoms with Crippen molar-refractivity contribution in [1.82, 2.24) is 0 Å². The Labute approximate surface area is 126 Å². The molecule has 0 aliphatic carbocycles. The summed E-state index contributed by atoms with van der Waals surface area (Å²) in [5.41, 5.74) is -0.734. The van der Waals surface area contributed by atoms with Gasteiger partial charge in [-0.2, -0.15) is 0 Å². The van der Waals surface area contributed by atoms with Crippen molar-refractivity contribution in [3.63, 3.8) is 0 Å². The van der Waals surface area contributed by atoms with Crippen LogP contribution in [0.1, 0.15) is 30.8 Å². The van der Waals surface area contributed by atoms with E-state index in [4.69, 9.17) is 13.9 Å². The third-order valence-corrected chi connectivity index (χ3v) is 2.58. The Hall–Kier alpha value is -1.34. The van der Waals surface area contributed by atoms with Crippen LogP contribution in [-0.2, 0) is 9.47 Å². The molecule has 7 heteroatoms. The summed E-state index contributed by atoms with van der Waals surface area (Å²) in [6.45, 7) is 4.85. The van der Waals surface area contributed by atoms with Crippen molar-refractivity contribution in [3.05, 3.63) is 26.7 Å². The van der Waals surface area contributed by atoms with Crippen LogP contribution in [0, 0.1) is 0 Å². The first-order chi connectivity index (χ1) is 9.60. The Morgan fingerprint density at radius 1 is 1.30 bits per heavy atom. The molecule has 0 bridgehead atoms. The third-order valence-electron chi connectivity index (χ3n) is 1.99. The van der Waals surface area contributed by atoms with Crippen molar-refractivity contribution < 1.29 is 23.4 Å². The predicted molar refractivity (Wildman–Crippen MR) is 77.4 cm³/mol. The molecule has 114 valence electrons. The maximum Gasteiger partial charge on any atom is 0.380 e. The summed E-state index contributed by atoms with van der Waals surface area (Å²) in [5, 5.41) is 0. The Bertz CT molecular complexity index is 468. The number of ether oxygens (including phenoxy) is 3. The number of hydrogen-bond acceptors (Lipinski definition) is 6. The summed E-state index contributed by atoms with van der Waals surface area (Å²) in [5.74, 6) is -0.879. The van der Waals surface area contributed by atoms with Gasteiger partial charge in [0, 0.05) is 26.2 Å². The molecule has 0 N–H and O–H groups in total. The van der Waals surface area contributed by atoms with Gasteiger partial charge in [-0.3, -0.25) is 0 Å². The highest BCUT2D eigenvalue weighted by Crippen LogP contribution is 2.22. The van der Waals surface area contributed by atoms with Gasteiger partial charge in [0.05, 0.1) is 18.2 Å². The minimum absolute atomic E-state index is 0.0266. The molecule has 0 fully saturated rings. The Balaban J connectivity index is 0.00000172. The molecule has 0 aromatic carbocycles. The highest BCUT2D eigenvalue weighted by Gasteiger charge is 2.16. The Morgan fingerprint density at radius 2 is 1.95 bits per heavy atom. The second-order valence-electron chi connectivity index (χ2n) is 3.26. The molecule has 1 rings (SSSR count). The van der Waals surface area contributed by atoms with Gasteiger partial charge >= 0.3 is 11.6 Å². The SMILES string of the molecule is CC.COCCCOc1c(Br)cc(C(=O)OC)oc1=O. The topological polar surface area (TPSA) is 75.0 Å². The minimum Gasteiger partial charge on any atom is -0.486 e. The highest BCUT2D eigenvalue weighted by molar-refractivity contribution is 9.10. The fourth-order valence-electron chi connectivity index (χ4n) is 1.16. The zero-order valence-electron chi connectivity index (χ0n) is 12.0. The molecule has 0 spiro atoms. The average Bonchev–Trinajstić information content (AvgIpc) is 2.46. The molecule has 0 amide bonds. The number of hydrogen-bond donors (Lipinski definition) is 0. The zero-order valence-corrected chi connectivity index (χ0v) is 13.6. The van der Waals surface area contributed by atoms with Crippen LogP contribution < -0.4 is 10.4 Å². The molecular formula is C13H19BrO6. The number of carbonyl (C=O) groups is 1. The van der Waals surface area contributed by atoms with Gasteiger partial charge in [-0.15, -0.1) is 0 Å². The first-order valence-corrected chi connectivity index (χ1v) is 6.93. The molecule has 0 unspecified atom stereocenters. The molecule has 1 heterocycles. The lowest BCUT2D eigenvalue weighted by molar-refractivity contribution is 0.0558. The predicted octanol–water partition coefficient (Wildman–Crippen LogP) is 2.63. The van der Waals surface area contributed by atoms with Gasteiger partial charge in [-0.1, -0.05) is 13.8 Å². The molecule has 1 aromatic rings. The van der Waals surface area contributed by atoms with Crippen LogP contribution >= 0.6 is 15.9 Å². The van der Waals surface area contributed by atoms with Crippen molar-refractivity contribution >= 4 is 21.9 Å². The van der Waals surface area contributed by atoms with E-state index in [9.17, 15) is 9.59 Å². The summed E-state index contributed by atoms with van der Waals surface area (Å²) < 4.78 is 19.7. The standard InChI is InChI=1S/C11H13BrO6.C2H6/c1-15-4-3-5-17-9-7(12)6-8(10(13)16-2)18-11(9)14;1-2/h6H,3-5H2,1-2H3;1-2H3. The smallest absolute Gasteiger partial charge is 0.380 e. The Morgan fingerprint density at radius 3 is 2.45 bits per heavy atom. The lowest BCUT2D eigenvalue weighted by atomic mass is 10.4. The lowest BCUT2D eigenvalue weighted by Gasteiger charge is -2.07. The van der Waals surface area contributed by atoms with Crippen LogP contribution in [0.5, 0.6) is 5.75 Å². The van der Waals surface area contributed by atoms with E-state index >= 15 is 0 Å². The minimum atomic E-state index is -0.734. The van der Waals surface area contributed by atoms with E-state index in [0.717, 1.165) is 0 Å². The molecule has 6 nitrogen and oxygen atoms in total. The number of carbonyl (C=O) groups excluding carboxylic acids is 1. The molecule has 0 aliphatic heterocycles. The zero-order chi connectivity index (χ0) is 15.5. The number of esters is 1. The van der Waals surface area contributed by atoms with Crippen LogP contribution in [0.2, 0.25) is 0 Å². The summed E-state index contributed by atoms with van der Waals surface area (Å²) >= 11 is 3.14. The molecule has 0 aliphatic rings. The number of rotatable bonds is 6. The first kappa shape index (κ1) is 18.7. The van der Waals surface area contributed by atoms with Crippen LogP contribution in [0.4, 0.5) is 0 Å². The summed E-state index contributed by atoms with van der Waals surface area (Å²) in [7, 11) is 2.78. The molecule has 1 aromatic heterocycles. The van der Waals surface area contributed by atoms with Crippen LogP contribution in [0.25, 0.3) is 0 Å². The van der Waals surface area contributed by atoms with Crippen molar-refractivity contribution in [2.75, 3.05) is 27.4 Å². The van der Waals surface area contributed by atoms with E-state index in [1.807, 2.05) is 13.8 Å². The van der Waals surface area contributed by atoms with E-state index < -0.39 is 11.6 Å². The fourth-order valence-corrected chi connectivity index (χ4v) is 1.64. The largest absolute Gasteiger partial charge is 0.486 e. The van der Waals surface area contributed by atoms with Gasteiger partial charge in [0.15, 0.2) is 0 Å². The summed E-state index contributed by atoms with van der Waals surface area (Å²) in [6, 6.07) is 1.33. The molecule has 0 radical (unpaired) electrons. The van der Waals surface area contributed by atoms with E-state index in [1.165, 1.54) is 13.2 Å². The highest BCUT2D eigenvalue weighted by atomic mass is 79.9. The number of methoxy groups -OCH3 is 2. The Kier molecular flexibility index (Phi) is 9.75. The van der Waals surface area contributed by atoms with E-state index in [1.54, 1.807) is 7.11 Å². The molecule has 0 saturated carbocycles. The van der Waals surface area contributed by atoms with Gasteiger partial charge in [0.1, 0.15) is 0 Å². The first-order valence-electron chi connectivity index (χ1n) is 6.13. The fraction of sp³-hybridized carbons (Fsp3) is 0.538. The monoisotopic (exact) mass is 350 g/mol. The van der Waals surface area contributed by atoms with Crippen molar-refractivity contribution in [3.8, 4) is 5.75 Å². The maximum atomic E-state index is 11.6. The molecule has 20 heavy (non-hydrogen) atoms. The third kappa shape index (κ3) is 5.75. The summed E-state index contributed by atoms with van der Waals surface area (Å²) in [6.07, 6.45) is 0.640. The normalized spacial score (nSPS) is 9.45. The van der Waals surface area contributed by atoms with Crippen LogP contribution in [-0.4, -0.2) is 33.4 Å². The molecular weight excluding hydrogens is 332 g/mol. The average molecular weight is 351 g/mol. The number of halogens is 1. The molecule has 0 atom stereocenters. The van der Waals surface area contributed by atoms with Gasteiger partial charge in [0.2, 0.25) is 11.5 Å². The second kappa shape index (κ2) is 10.4. The van der Waals surface area contributed by atoms with Crippen molar-refractivity contribution in [2.45, 2.75) is 20.3 Å². The van der Waals surface area contributed by atoms with Crippen molar-refractivity contribution in [1.29, 1.82) is 0 Å².